The number of halogens is 1. The van der Waals surface area contributed by atoms with Crippen molar-refractivity contribution in [3.8, 4) is 0 Å². The van der Waals surface area contributed by atoms with Gasteiger partial charge >= 0.3 is 11.3 Å². The topological polar surface area (TPSA) is 85.1 Å². The molecule has 0 aromatic carbocycles. The van der Waals surface area contributed by atoms with Gasteiger partial charge in [0.25, 0.3) is 5.56 Å². The largest absolute Gasteiger partial charge is 0.405 e. The SMILES string of the molecule is CCCCc1cc(=O)oc2c1c(=O)[nH]c(=O)n2CF. The Labute approximate surface area is 106 Å². The number of alkyl halides is 1. The summed E-state index contributed by atoms with van der Waals surface area (Å²) in [5.41, 5.74) is -2.15. The van der Waals surface area contributed by atoms with Crippen molar-refractivity contribution in [1.82, 2.24) is 9.55 Å². The summed E-state index contributed by atoms with van der Waals surface area (Å²) in [7, 11) is 0. The van der Waals surface area contributed by atoms with Gasteiger partial charge in [-0.2, -0.15) is 0 Å². The van der Waals surface area contributed by atoms with E-state index in [1.807, 2.05) is 11.9 Å². The summed E-state index contributed by atoms with van der Waals surface area (Å²) in [5.74, 6) is 0. The van der Waals surface area contributed by atoms with Gasteiger partial charge in [-0.3, -0.25) is 9.78 Å². The van der Waals surface area contributed by atoms with Crippen LogP contribution in [0.4, 0.5) is 4.39 Å². The van der Waals surface area contributed by atoms with E-state index in [1.54, 1.807) is 0 Å². The summed E-state index contributed by atoms with van der Waals surface area (Å²) < 4.78 is 18.2. The third-order valence-electron chi connectivity index (χ3n) is 2.88. The van der Waals surface area contributed by atoms with Crippen molar-refractivity contribution in [2.24, 2.45) is 0 Å². The number of aryl methyl sites for hydroxylation is 1. The Kier molecular flexibility index (Phi) is 3.64. The zero-order chi connectivity index (χ0) is 14.0. The van der Waals surface area contributed by atoms with Crippen molar-refractivity contribution in [2.45, 2.75) is 33.0 Å². The van der Waals surface area contributed by atoms with Crippen LogP contribution in [0.2, 0.25) is 0 Å². The lowest BCUT2D eigenvalue weighted by Crippen LogP contribution is -2.31. The summed E-state index contributed by atoms with van der Waals surface area (Å²) >= 11 is 0. The maximum atomic E-state index is 12.8. The second kappa shape index (κ2) is 5.21. The number of aromatic amines is 1. The van der Waals surface area contributed by atoms with Crippen LogP contribution in [0.3, 0.4) is 0 Å². The molecule has 0 saturated heterocycles. The zero-order valence-electron chi connectivity index (χ0n) is 10.4. The van der Waals surface area contributed by atoms with Gasteiger partial charge in [-0.15, -0.1) is 0 Å². The van der Waals surface area contributed by atoms with Crippen LogP contribution in [0.1, 0.15) is 25.3 Å². The van der Waals surface area contributed by atoms with Crippen molar-refractivity contribution < 1.29 is 8.81 Å². The Bertz CT molecular complexity index is 772. The van der Waals surface area contributed by atoms with Gasteiger partial charge in [0.1, 0.15) is 5.39 Å². The van der Waals surface area contributed by atoms with E-state index in [9.17, 15) is 18.8 Å². The molecule has 0 bridgehead atoms. The van der Waals surface area contributed by atoms with Gasteiger partial charge in [-0.25, -0.2) is 18.5 Å². The van der Waals surface area contributed by atoms with Gasteiger partial charge < -0.3 is 4.42 Å². The standard InChI is InChI=1S/C12H13FN2O4/c1-2-3-4-7-5-8(16)19-11-9(7)10(17)14-12(18)15(11)6-13/h5H,2-4,6H2,1H3,(H,14,17,18). The molecule has 6 nitrogen and oxygen atoms in total. The van der Waals surface area contributed by atoms with Gasteiger partial charge in [0.15, 0.2) is 6.80 Å². The molecule has 2 aromatic heterocycles. The summed E-state index contributed by atoms with van der Waals surface area (Å²) in [6, 6.07) is 1.21. The molecule has 19 heavy (non-hydrogen) atoms. The number of nitrogens with one attached hydrogen (secondary N) is 1. The highest BCUT2D eigenvalue weighted by molar-refractivity contribution is 5.75. The molecule has 0 aliphatic heterocycles. The monoisotopic (exact) mass is 268 g/mol. The van der Waals surface area contributed by atoms with Gasteiger partial charge in [0.05, 0.1) is 0 Å². The van der Waals surface area contributed by atoms with Gasteiger partial charge in [0, 0.05) is 6.07 Å². The van der Waals surface area contributed by atoms with E-state index >= 15 is 0 Å². The van der Waals surface area contributed by atoms with E-state index in [2.05, 4.69) is 0 Å². The number of hydrogen-bond acceptors (Lipinski definition) is 4. The van der Waals surface area contributed by atoms with Crippen LogP contribution in [0.5, 0.6) is 0 Å². The summed E-state index contributed by atoms with van der Waals surface area (Å²) in [4.78, 5) is 36.7. The summed E-state index contributed by atoms with van der Waals surface area (Å²) in [6.45, 7) is 0.793. The second-order valence-corrected chi connectivity index (χ2v) is 4.18. The van der Waals surface area contributed by atoms with E-state index in [0.717, 1.165) is 12.8 Å². The number of fused-ring (bicyclic) bond motifs is 1. The molecule has 7 heteroatoms. The van der Waals surface area contributed by atoms with Crippen molar-refractivity contribution in [3.05, 3.63) is 42.9 Å². The predicted octanol–water partition coefficient (Wildman–Crippen LogP) is 0.913. The minimum absolute atomic E-state index is 0.0605. The Morgan fingerprint density at radius 3 is 2.74 bits per heavy atom. The minimum atomic E-state index is -1.17. The third kappa shape index (κ3) is 2.35. The summed E-state index contributed by atoms with van der Waals surface area (Å²) in [5, 5.41) is 0.0605. The number of rotatable bonds is 4. The number of hydrogen-bond donors (Lipinski definition) is 1. The molecule has 2 heterocycles. The van der Waals surface area contributed by atoms with Crippen LogP contribution in [0.15, 0.2) is 24.9 Å². The fraction of sp³-hybridized carbons (Fsp3) is 0.417. The highest BCUT2D eigenvalue weighted by Gasteiger charge is 2.14. The average Bonchev–Trinajstić information content (AvgIpc) is 2.35. The first-order chi connectivity index (χ1) is 9.08. The van der Waals surface area contributed by atoms with E-state index in [0.29, 0.717) is 16.6 Å². The van der Waals surface area contributed by atoms with E-state index in [-0.39, 0.29) is 11.1 Å². The second-order valence-electron chi connectivity index (χ2n) is 4.18. The first-order valence-corrected chi connectivity index (χ1v) is 5.94. The van der Waals surface area contributed by atoms with Crippen LogP contribution in [0.25, 0.3) is 11.1 Å². The Balaban J connectivity index is 2.88. The van der Waals surface area contributed by atoms with Gasteiger partial charge in [-0.1, -0.05) is 13.3 Å². The Morgan fingerprint density at radius 2 is 2.11 bits per heavy atom. The maximum Gasteiger partial charge on any atom is 0.337 e. The molecule has 0 atom stereocenters. The van der Waals surface area contributed by atoms with Gasteiger partial charge in [-0.05, 0) is 18.4 Å². The van der Waals surface area contributed by atoms with Crippen molar-refractivity contribution in [2.75, 3.05) is 0 Å². The number of aromatic nitrogens is 2. The lowest BCUT2D eigenvalue weighted by molar-refractivity contribution is 0.355. The predicted molar refractivity (Wildman–Crippen MR) is 67.1 cm³/mol. The lowest BCUT2D eigenvalue weighted by Gasteiger charge is -2.07. The lowest BCUT2D eigenvalue weighted by atomic mass is 10.1. The fourth-order valence-corrected chi connectivity index (χ4v) is 1.95. The maximum absolute atomic E-state index is 12.8. The molecule has 0 aliphatic rings. The molecule has 0 radical (unpaired) electrons. The summed E-state index contributed by atoms with van der Waals surface area (Å²) in [6.07, 6.45) is 2.14. The molecule has 2 rings (SSSR count). The first-order valence-electron chi connectivity index (χ1n) is 5.94. The number of nitrogens with zero attached hydrogens (tertiary/aromatic N) is 1. The van der Waals surface area contributed by atoms with Crippen LogP contribution < -0.4 is 16.9 Å². The molecule has 0 amide bonds. The number of unbranched alkanes of at least 4 members (excludes halogenated alkanes) is 1. The van der Waals surface area contributed by atoms with Crippen molar-refractivity contribution in [1.29, 1.82) is 0 Å². The van der Waals surface area contributed by atoms with Crippen LogP contribution in [0, 0.1) is 0 Å². The van der Waals surface area contributed by atoms with Crippen LogP contribution in [-0.4, -0.2) is 9.55 Å². The van der Waals surface area contributed by atoms with Crippen molar-refractivity contribution >= 4 is 11.1 Å². The quantitative estimate of drug-likeness (QED) is 0.893. The molecule has 0 aliphatic carbocycles. The highest BCUT2D eigenvalue weighted by Crippen LogP contribution is 2.13. The molecule has 1 N–H and O–H groups in total. The molecule has 0 fully saturated rings. The van der Waals surface area contributed by atoms with Crippen molar-refractivity contribution in [3.63, 3.8) is 0 Å². The van der Waals surface area contributed by atoms with Gasteiger partial charge in [0.2, 0.25) is 5.71 Å². The molecular weight excluding hydrogens is 255 g/mol. The van der Waals surface area contributed by atoms with Crippen LogP contribution in [-0.2, 0) is 13.2 Å². The number of H-pyrrole nitrogens is 1. The Morgan fingerprint density at radius 1 is 1.37 bits per heavy atom. The molecular formula is C12H13FN2O4. The minimum Gasteiger partial charge on any atom is -0.405 e. The van der Waals surface area contributed by atoms with E-state index in [1.165, 1.54) is 6.07 Å². The molecule has 0 saturated carbocycles. The Hall–Kier alpha value is -2.18. The molecule has 0 unspecified atom stereocenters. The van der Waals surface area contributed by atoms with E-state index in [4.69, 9.17) is 4.42 Å². The first kappa shape index (κ1) is 13.3. The van der Waals surface area contributed by atoms with Crippen LogP contribution >= 0.6 is 0 Å². The molecule has 2 aromatic rings. The molecule has 102 valence electrons. The van der Waals surface area contributed by atoms with E-state index < -0.39 is 23.7 Å². The zero-order valence-corrected chi connectivity index (χ0v) is 10.4. The normalized spacial score (nSPS) is 11.1. The smallest absolute Gasteiger partial charge is 0.337 e. The third-order valence-corrected chi connectivity index (χ3v) is 2.88. The fourth-order valence-electron chi connectivity index (χ4n) is 1.95. The highest BCUT2D eigenvalue weighted by atomic mass is 19.1. The molecule has 0 spiro atoms. The average molecular weight is 268 g/mol.